The van der Waals surface area contributed by atoms with Crippen LogP contribution in [-0.2, 0) is 0 Å². The minimum Gasteiger partial charge on any atom is -0.409 e. The summed E-state index contributed by atoms with van der Waals surface area (Å²) in [7, 11) is 2.14. The average molecular weight is 244 g/mol. The smallest absolute Gasteiger partial charge is 0.140 e. The number of rotatable bonds is 9. The second-order valence-electron chi connectivity index (χ2n) is 4.59. The van der Waals surface area contributed by atoms with E-state index < -0.39 is 0 Å². The minimum atomic E-state index is 0.288. The van der Waals surface area contributed by atoms with Gasteiger partial charge in [-0.15, -0.1) is 0 Å². The Morgan fingerprint density at radius 1 is 1.41 bits per heavy atom. The van der Waals surface area contributed by atoms with Gasteiger partial charge in [0.15, 0.2) is 0 Å². The van der Waals surface area contributed by atoms with Gasteiger partial charge in [0.05, 0.1) is 0 Å². The summed E-state index contributed by atoms with van der Waals surface area (Å²) in [6, 6.07) is 0.900. The van der Waals surface area contributed by atoms with E-state index >= 15 is 0 Å². The van der Waals surface area contributed by atoms with Gasteiger partial charge in [-0.2, -0.15) is 0 Å². The van der Waals surface area contributed by atoms with Crippen LogP contribution in [0.5, 0.6) is 0 Å². The first-order valence-corrected chi connectivity index (χ1v) is 6.45. The molecule has 0 aliphatic carbocycles. The van der Waals surface area contributed by atoms with Crippen molar-refractivity contribution in [2.75, 3.05) is 20.1 Å². The Morgan fingerprint density at radius 2 is 2.06 bits per heavy atom. The highest BCUT2D eigenvalue weighted by atomic mass is 16.4. The van der Waals surface area contributed by atoms with Crippen molar-refractivity contribution < 1.29 is 5.21 Å². The summed E-state index contributed by atoms with van der Waals surface area (Å²) in [6.07, 6.45) is 2.74. The molecule has 0 fully saturated rings. The van der Waals surface area contributed by atoms with Crippen molar-refractivity contribution in [1.29, 1.82) is 0 Å². The molecule has 102 valence electrons. The minimum absolute atomic E-state index is 0.288. The third-order valence-electron chi connectivity index (χ3n) is 3.32. The van der Waals surface area contributed by atoms with Crippen molar-refractivity contribution in [2.45, 2.75) is 52.1 Å². The van der Waals surface area contributed by atoms with E-state index in [-0.39, 0.29) is 6.04 Å². The van der Waals surface area contributed by atoms with Crippen molar-refractivity contribution in [3.05, 3.63) is 0 Å². The van der Waals surface area contributed by atoms with Crippen LogP contribution in [-0.4, -0.2) is 48.2 Å². The fourth-order valence-electron chi connectivity index (χ4n) is 1.63. The van der Waals surface area contributed by atoms with Crippen LogP contribution in [0.15, 0.2) is 5.16 Å². The molecule has 17 heavy (non-hydrogen) atoms. The average Bonchev–Trinajstić information content (AvgIpc) is 2.35. The fraction of sp³-hybridized carbons (Fsp3) is 0.917. The molecule has 2 unspecified atom stereocenters. The molecular weight excluding hydrogens is 216 g/mol. The number of nitrogens with two attached hydrogens (primary N) is 1. The number of hydrogen-bond acceptors (Lipinski definition) is 4. The Morgan fingerprint density at radius 3 is 2.53 bits per heavy atom. The maximum Gasteiger partial charge on any atom is 0.140 e. The summed E-state index contributed by atoms with van der Waals surface area (Å²) in [5.41, 5.74) is 5.50. The quantitative estimate of drug-likeness (QED) is 0.247. The predicted molar refractivity (Wildman–Crippen MR) is 72.5 cm³/mol. The van der Waals surface area contributed by atoms with E-state index in [1.54, 1.807) is 0 Å². The molecule has 0 rings (SSSR count). The van der Waals surface area contributed by atoms with Crippen LogP contribution >= 0.6 is 0 Å². The summed E-state index contributed by atoms with van der Waals surface area (Å²) in [4.78, 5) is 2.34. The van der Waals surface area contributed by atoms with E-state index in [0.717, 1.165) is 25.9 Å². The first-order chi connectivity index (χ1) is 8.04. The number of amidine groups is 1. The SMILES string of the molecule is CCC(CC(N)=NO)NCCN(C)C(C)CC. The van der Waals surface area contributed by atoms with Crippen molar-refractivity contribution in [3.63, 3.8) is 0 Å². The van der Waals surface area contributed by atoms with E-state index in [9.17, 15) is 0 Å². The Labute approximate surface area is 105 Å². The highest BCUT2D eigenvalue weighted by Crippen LogP contribution is 2.00. The van der Waals surface area contributed by atoms with E-state index in [4.69, 9.17) is 10.9 Å². The molecule has 4 N–H and O–H groups in total. The Hall–Kier alpha value is -0.810. The molecule has 0 aromatic rings. The second-order valence-corrected chi connectivity index (χ2v) is 4.59. The van der Waals surface area contributed by atoms with Gasteiger partial charge in [-0.3, -0.25) is 0 Å². The normalized spacial score (nSPS) is 16.2. The molecule has 0 aromatic heterocycles. The summed E-state index contributed by atoms with van der Waals surface area (Å²) >= 11 is 0. The highest BCUT2D eigenvalue weighted by Gasteiger charge is 2.10. The maximum atomic E-state index is 8.52. The summed E-state index contributed by atoms with van der Waals surface area (Å²) in [5, 5.41) is 15.0. The maximum absolute atomic E-state index is 8.52. The number of likely N-dealkylation sites (N-methyl/N-ethyl adjacent to an activating group) is 1. The van der Waals surface area contributed by atoms with Gasteiger partial charge < -0.3 is 21.2 Å². The molecule has 0 saturated carbocycles. The first kappa shape index (κ1) is 16.2. The van der Waals surface area contributed by atoms with Crippen molar-refractivity contribution >= 4 is 5.84 Å². The molecular formula is C12H28N4O. The summed E-state index contributed by atoms with van der Waals surface area (Å²) in [6.45, 7) is 8.47. The lowest BCUT2D eigenvalue weighted by molar-refractivity contribution is 0.247. The van der Waals surface area contributed by atoms with Gasteiger partial charge in [0.1, 0.15) is 5.84 Å². The van der Waals surface area contributed by atoms with Gasteiger partial charge in [-0.25, -0.2) is 0 Å². The molecule has 0 aliphatic rings. The van der Waals surface area contributed by atoms with E-state index in [1.807, 2.05) is 0 Å². The zero-order valence-corrected chi connectivity index (χ0v) is 11.6. The lowest BCUT2D eigenvalue weighted by Gasteiger charge is -2.25. The van der Waals surface area contributed by atoms with Gasteiger partial charge in [-0.1, -0.05) is 19.0 Å². The predicted octanol–water partition coefficient (Wildman–Crippen LogP) is 1.22. The lowest BCUT2D eigenvalue weighted by Crippen LogP contribution is -2.40. The molecule has 0 amide bonds. The number of oxime groups is 1. The molecule has 0 spiro atoms. The molecule has 0 aliphatic heterocycles. The van der Waals surface area contributed by atoms with E-state index in [2.05, 4.69) is 43.2 Å². The molecule has 2 atom stereocenters. The van der Waals surface area contributed by atoms with Crippen molar-refractivity contribution in [2.24, 2.45) is 10.9 Å². The molecule has 0 saturated heterocycles. The Balaban J connectivity index is 3.84. The first-order valence-electron chi connectivity index (χ1n) is 6.45. The zero-order chi connectivity index (χ0) is 13.3. The topological polar surface area (TPSA) is 73.9 Å². The van der Waals surface area contributed by atoms with Gasteiger partial charge in [-0.05, 0) is 26.8 Å². The second kappa shape index (κ2) is 9.24. The molecule has 0 heterocycles. The van der Waals surface area contributed by atoms with E-state index in [0.29, 0.717) is 18.3 Å². The lowest BCUT2D eigenvalue weighted by atomic mass is 10.1. The molecule has 5 heteroatoms. The summed E-state index contributed by atoms with van der Waals surface area (Å²) < 4.78 is 0. The Kier molecular flexibility index (Phi) is 8.80. The van der Waals surface area contributed by atoms with Crippen LogP contribution in [0.3, 0.4) is 0 Å². The van der Waals surface area contributed by atoms with E-state index in [1.165, 1.54) is 0 Å². The fourth-order valence-corrected chi connectivity index (χ4v) is 1.63. The number of nitrogens with one attached hydrogen (secondary N) is 1. The molecule has 5 nitrogen and oxygen atoms in total. The number of hydrogen-bond donors (Lipinski definition) is 3. The largest absolute Gasteiger partial charge is 0.409 e. The van der Waals surface area contributed by atoms with Gasteiger partial charge in [0.25, 0.3) is 0 Å². The monoisotopic (exact) mass is 244 g/mol. The third kappa shape index (κ3) is 7.18. The van der Waals surface area contributed by atoms with Crippen LogP contribution in [0, 0.1) is 0 Å². The van der Waals surface area contributed by atoms with Gasteiger partial charge in [0.2, 0.25) is 0 Å². The zero-order valence-electron chi connectivity index (χ0n) is 11.6. The van der Waals surface area contributed by atoms with Crippen LogP contribution in [0.1, 0.15) is 40.0 Å². The number of nitrogens with zero attached hydrogens (tertiary/aromatic N) is 2. The van der Waals surface area contributed by atoms with Crippen molar-refractivity contribution in [1.82, 2.24) is 10.2 Å². The van der Waals surface area contributed by atoms with Crippen molar-refractivity contribution in [3.8, 4) is 0 Å². The van der Waals surface area contributed by atoms with Crippen LogP contribution in [0.4, 0.5) is 0 Å². The van der Waals surface area contributed by atoms with Crippen LogP contribution in [0.2, 0.25) is 0 Å². The van der Waals surface area contributed by atoms with Gasteiger partial charge in [0, 0.05) is 31.6 Å². The standard InChI is InChI=1S/C12H28N4O/c1-5-10(3)16(4)8-7-14-11(6-2)9-12(13)15-17/h10-11,14,17H,5-9H2,1-4H3,(H2,13,15). The molecule has 0 aromatic carbocycles. The van der Waals surface area contributed by atoms with Gasteiger partial charge >= 0.3 is 0 Å². The Bertz CT molecular complexity index is 221. The molecule has 0 radical (unpaired) electrons. The van der Waals surface area contributed by atoms with Crippen LogP contribution in [0.25, 0.3) is 0 Å². The summed E-state index contributed by atoms with van der Waals surface area (Å²) in [5.74, 6) is 0.291. The highest BCUT2D eigenvalue weighted by molar-refractivity contribution is 5.80. The third-order valence-corrected chi connectivity index (χ3v) is 3.32. The molecule has 0 bridgehead atoms. The van der Waals surface area contributed by atoms with Crippen LogP contribution < -0.4 is 11.1 Å².